The summed E-state index contributed by atoms with van der Waals surface area (Å²) in [5.74, 6) is 1.29. The molecule has 0 aliphatic carbocycles. The first-order valence-electron chi connectivity index (χ1n) is 8.11. The quantitative estimate of drug-likeness (QED) is 0.842. The fraction of sp³-hybridized carbons (Fsp3) is 0.350. The molecule has 1 N–H and O–H groups in total. The zero-order valence-corrected chi connectivity index (χ0v) is 14.7. The van der Waals surface area contributed by atoms with Crippen molar-refractivity contribution in [3.05, 3.63) is 59.7 Å². The first-order valence-corrected chi connectivity index (χ1v) is 8.11. The van der Waals surface area contributed by atoms with Crippen LogP contribution in [0.2, 0.25) is 0 Å². The van der Waals surface area contributed by atoms with Crippen LogP contribution in [0.5, 0.6) is 11.5 Å². The highest BCUT2D eigenvalue weighted by atomic mass is 16.5. The maximum absolute atomic E-state index is 12.4. The van der Waals surface area contributed by atoms with E-state index in [1.807, 2.05) is 62.4 Å². The Balaban J connectivity index is 2.00. The molecular weight excluding hydrogens is 302 g/mol. The van der Waals surface area contributed by atoms with Crippen LogP contribution in [0.1, 0.15) is 31.0 Å². The van der Waals surface area contributed by atoms with E-state index in [2.05, 4.69) is 5.32 Å². The van der Waals surface area contributed by atoms with Crippen LogP contribution in [-0.4, -0.2) is 20.1 Å². The number of hydrogen-bond acceptors (Lipinski definition) is 3. The van der Waals surface area contributed by atoms with Gasteiger partial charge in [-0.2, -0.15) is 0 Å². The van der Waals surface area contributed by atoms with Crippen molar-refractivity contribution in [2.45, 2.75) is 26.3 Å². The Kier molecular flexibility index (Phi) is 6.24. The summed E-state index contributed by atoms with van der Waals surface area (Å²) in [6, 6.07) is 15.6. The summed E-state index contributed by atoms with van der Waals surface area (Å²) in [4.78, 5) is 12.4. The molecule has 4 heteroatoms. The van der Waals surface area contributed by atoms with Gasteiger partial charge in [-0.1, -0.05) is 43.3 Å². The van der Waals surface area contributed by atoms with E-state index in [0.29, 0.717) is 11.5 Å². The van der Waals surface area contributed by atoms with Crippen molar-refractivity contribution in [2.24, 2.45) is 5.92 Å². The van der Waals surface area contributed by atoms with Crippen molar-refractivity contribution in [1.29, 1.82) is 0 Å². The van der Waals surface area contributed by atoms with Crippen LogP contribution in [0.15, 0.2) is 48.5 Å². The van der Waals surface area contributed by atoms with E-state index in [4.69, 9.17) is 9.47 Å². The Morgan fingerprint density at radius 1 is 1.00 bits per heavy atom. The molecule has 128 valence electrons. The molecule has 0 spiro atoms. The average Bonchev–Trinajstić information content (AvgIpc) is 2.61. The third kappa shape index (κ3) is 4.51. The molecule has 0 aromatic heterocycles. The standard InChI is InChI=1S/C20H25NO3/c1-14(12-16-8-6-5-7-9-16)20(22)21-15(2)17-10-11-18(23-3)19(13-17)24-4/h5-11,13-15H,12H2,1-4H3,(H,21,22)/t14-,15+/m1/s1. The second kappa shape index (κ2) is 8.39. The molecule has 24 heavy (non-hydrogen) atoms. The molecule has 0 aliphatic heterocycles. The van der Waals surface area contributed by atoms with Gasteiger partial charge in [0, 0.05) is 5.92 Å². The summed E-state index contributed by atoms with van der Waals surface area (Å²) >= 11 is 0. The molecular formula is C20H25NO3. The number of amides is 1. The number of rotatable bonds is 7. The highest BCUT2D eigenvalue weighted by Crippen LogP contribution is 2.30. The number of ether oxygens (including phenoxy) is 2. The Morgan fingerprint density at radius 3 is 2.29 bits per heavy atom. The van der Waals surface area contributed by atoms with Crippen LogP contribution in [0.3, 0.4) is 0 Å². The summed E-state index contributed by atoms with van der Waals surface area (Å²) in [6.45, 7) is 3.91. The second-order valence-electron chi connectivity index (χ2n) is 5.94. The topological polar surface area (TPSA) is 47.6 Å². The summed E-state index contributed by atoms with van der Waals surface area (Å²) in [5, 5.41) is 3.07. The van der Waals surface area contributed by atoms with Gasteiger partial charge in [0.15, 0.2) is 11.5 Å². The van der Waals surface area contributed by atoms with E-state index < -0.39 is 0 Å². The van der Waals surface area contributed by atoms with Crippen LogP contribution >= 0.6 is 0 Å². The fourth-order valence-corrected chi connectivity index (χ4v) is 2.62. The van der Waals surface area contributed by atoms with Gasteiger partial charge in [0.2, 0.25) is 5.91 Å². The number of methoxy groups -OCH3 is 2. The lowest BCUT2D eigenvalue weighted by atomic mass is 9.99. The lowest BCUT2D eigenvalue weighted by Gasteiger charge is -2.19. The molecule has 2 rings (SSSR count). The molecule has 2 atom stereocenters. The van der Waals surface area contributed by atoms with Crippen LogP contribution in [0, 0.1) is 5.92 Å². The lowest BCUT2D eigenvalue weighted by molar-refractivity contribution is -0.125. The first-order chi connectivity index (χ1) is 11.5. The Morgan fingerprint density at radius 2 is 1.67 bits per heavy atom. The largest absolute Gasteiger partial charge is 0.493 e. The molecule has 0 heterocycles. The van der Waals surface area contributed by atoms with E-state index in [1.54, 1.807) is 14.2 Å². The second-order valence-corrected chi connectivity index (χ2v) is 5.94. The molecule has 0 unspecified atom stereocenters. The summed E-state index contributed by atoms with van der Waals surface area (Å²) in [7, 11) is 3.21. The van der Waals surface area contributed by atoms with Crippen LogP contribution in [0.4, 0.5) is 0 Å². The average molecular weight is 327 g/mol. The summed E-state index contributed by atoms with van der Waals surface area (Å²) in [5.41, 5.74) is 2.15. The molecule has 1 amide bonds. The lowest BCUT2D eigenvalue weighted by Crippen LogP contribution is -2.32. The van der Waals surface area contributed by atoms with Crippen LogP contribution in [-0.2, 0) is 11.2 Å². The number of hydrogen-bond donors (Lipinski definition) is 1. The summed E-state index contributed by atoms with van der Waals surface area (Å²) in [6.07, 6.45) is 0.728. The minimum atomic E-state index is -0.101. The van der Waals surface area contributed by atoms with E-state index in [0.717, 1.165) is 12.0 Å². The zero-order valence-electron chi connectivity index (χ0n) is 14.7. The Labute approximate surface area is 143 Å². The number of carbonyl (C=O) groups is 1. The van der Waals surface area contributed by atoms with Gasteiger partial charge in [0.05, 0.1) is 20.3 Å². The number of carbonyl (C=O) groups excluding carboxylic acids is 1. The third-order valence-electron chi connectivity index (χ3n) is 4.10. The Hall–Kier alpha value is -2.49. The monoisotopic (exact) mass is 327 g/mol. The van der Waals surface area contributed by atoms with Gasteiger partial charge in [0.25, 0.3) is 0 Å². The zero-order chi connectivity index (χ0) is 17.5. The predicted molar refractivity (Wildman–Crippen MR) is 95.4 cm³/mol. The van der Waals surface area contributed by atoms with E-state index >= 15 is 0 Å². The Bertz CT molecular complexity index is 670. The maximum atomic E-state index is 12.4. The van der Waals surface area contributed by atoms with Crippen LogP contribution in [0.25, 0.3) is 0 Å². The minimum absolute atomic E-state index is 0.0427. The predicted octanol–water partition coefficient (Wildman–Crippen LogP) is 3.76. The highest BCUT2D eigenvalue weighted by molar-refractivity contribution is 5.79. The molecule has 0 saturated carbocycles. The third-order valence-corrected chi connectivity index (χ3v) is 4.10. The molecule has 2 aromatic rings. The maximum Gasteiger partial charge on any atom is 0.223 e. The van der Waals surface area contributed by atoms with Crippen molar-refractivity contribution in [3.8, 4) is 11.5 Å². The van der Waals surface area contributed by atoms with Crippen molar-refractivity contribution in [2.75, 3.05) is 14.2 Å². The van der Waals surface area contributed by atoms with Gasteiger partial charge in [-0.05, 0) is 36.6 Å². The molecule has 2 aromatic carbocycles. The molecule has 0 radical (unpaired) electrons. The van der Waals surface area contributed by atoms with Gasteiger partial charge < -0.3 is 14.8 Å². The number of nitrogens with one attached hydrogen (secondary N) is 1. The van der Waals surface area contributed by atoms with Crippen molar-refractivity contribution in [1.82, 2.24) is 5.32 Å². The smallest absolute Gasteiger partial charge is 0.223 e. The van der Waals surface area contributed by atoms with Crippen molar-refractivity contribution >= 4 is 5.91 Å². The van der Waals surface area contributed by atoms with E-state index in [9.17, 15) is 4.79 Å². The molecule has 0 fully saturated rings. The van der Waals surface area contributed by atoms with E-state index in [-0.39, 0.29) is 17.9 Å². The minimum Gasteiger partial charge on any atom is -0.493 e. The van der Waals surface area contributed by atoms with Gasteiger partial charge in [0.1, 0.15) is 0 Å². The first kappa shape index (κ1) is 17.9. The van der Waals surface area contributed by atoms with Crippen molar-refractivity contribution in [3.63, 3.8) is 0 Å². The van der Waals surface area contributed by atoms with Gasteiger partial charge in [-0.15, -0.1) is 0 Å². The molecule has 4 nitrogen and oxygen atoms in total. The molecule has 0 aliphatic rings. The van der Waals surface area contributed by atoms with Gasteiger partial charge in [-0.25, -0.2) is 0 Å². The SMILES string of the molecule is COc1ccc([C@H](C)NC(=O)[C@H](C)Cc2ccccc2)cc1OC. The normalized spacial score (nSPS) is 13.0. The molecule has 0 saturated heterocycles. The van der Waals surface area contributed by atoms with Gasteiger partial charge in [-0.3, -0.25) is 4.79 Å². The fourth-order valence-electron chi connectivity index (χ4n) is 2.62. The van der Waals surface area contributed by atoms with E-state index in [1.165, 1.54) is 5.56 Å². The summed E-state index contributed by atoms with van der Waals surface area (Å²) < 4.78 is 10.6. The number of benzene rings is 2. The highest BCUT2D eigenvalue weighted by Gasteiger charge is 2.17. The van der Waals surface area contributed by atoms with Crippen LogP contribution < -0.4 is 14.8 Å². The van der Waals surface area contributed by atoms with Gasteiger partial charge >= 0.3 is 0 Å². The molecule has 0 bridgehead atoms. The van der Waals surface area contributed by atoms with Crippen molar-refractivity contribution < 1.29 is 14.3 Å².